The molecular formula is C11H10O6S2. The first-order chi connectivity index (χ1) is 8.86. The van der Waals surface area contributed by atoms with E-state index in [-0.39, 0.29) is 4.90 Å². The Balaban J connectivity index is 2.16. The maximum Gasteiger partial charge on any atom is 0.519 e. The maximum absolute atomic E-state index is 11.0. The van der Waals surface area contributed by atoms with Crippen molar-refractivity contribution in [1.82, 2.24) is 0 Å². The fourth-order valence-electron chi connectivity index (χ4n) is 1.38. The summed E-state index contributed by atoms with van der Waals surface area (Å²) in [5, 5.41) is 0. The van der Waals surface area contributed by atoms with E-state index in [4.69, 9.17) is 13.4 Å². The summed E-state index contributed by atoms with van der Waals surface area (Å²) in [5.74, 6) is 0.349. The van der Waals surface area contributed by atoms with Gasteiger partial charge in [0, 0.05) is 4.90 Å². The van der Waals surface area contributed by atoms with E-state index < -0.39 is 15.9 Å². The van der Waals surface area contributed by atoms with Crippen molar-refractivity contribution in [3.8, 4) is 0 Å². The minimum absolute atomic E-state index is 0.178. The van der Waals surface area contributed by atoms with Crippen LogP contribution in [0, 0.1) is 6.92 Å². The number of aryl methyl sites for hydroxylation is 1. The number of thioether (sulfide) groups is 1. The van der Waals surface area contributed by atoms with Crippen LogP contribution in [0.5, 0.6) is 0 Å². The van der Waals surface area contributed by atoms with Crippen molar-refractivity contribution in [3.63, 3.8) is 0 Å². The highest BCUT2D eigenvalue weighted by molar-refractivity contribution is 7.98. The SMILES string of the molecule is Cc1oc(=O)oc1CSc1cccc(S(=O)(=O)O)c1. The molecule has 0 amide bonds. The number of rotatable bonds is 4. The van der Waals surface area contributed by atoms with E-state index in [0.717, 1.165) is 0 Å². The second-order valence-electron chi connectivity index (χ2n) is 3.67. The van der Waals surface area contributed by atoms with Crippen molar-refractivity contribution in [2.75, 3.05) is 0 Å². The van der Waals surface area contributed by atoms with Crippen molar-refractivity contribution in [1.29, 1.82) is 0 Å². The molecule has 0 aliphatic rings. The third-order valence-corrected chi connectivity index (χ3v) is 4.15. The van der Waals surface area contributed by atoms with Gasteiger partial charge in [-0.2, -0.15) is 8.42 Å². The highest BCUT2D eigenvalue weighted by Gasteiger charge is 2.12. The van der Waals surface area contributed by atoms with Crippen LogP contribution in [0.4, 0.5) is 0 Å². The monoisotopic (exact) mass is 302 g/mol. The topological polar surface area (TPSA) is 97.7 Å². The van der Waals surface area contributed by atoms with Crippen LogP contribution in [0.15, 0.2) is 47.7 Å². The predicted molar refractivity (Wildman–Crippen MR) is 67.8 cm³/mol. The van der Waals surface area contributed by atoms with E-state index in [2.05, 4.69) is 0 Å². The van der Waals surface area contributed by atoms with Gasteiger partial charge in [0.15, 0.2) is 5.76 Å². The normalized spacial score (nSPS) is 11.7. The molecule has 1 heterocycles. The predicted octanol–water partition coefficient (Wildman–Crippen LogP) is 2.08. The van der Waals surface area contributed by atoms with Gasteiger partial charge in [0.25, 0.3) is 10.1 Å². The lowest BCUT2D eigenvalue weighted by atomic mass is 10.4. The molecular weight excluding hydrogens is 292 g/mol. The van der Waals surface area contributed by atoms with Crippen molar-refractivity contribution in [2.45, 2.75) is 22.5 Å². The minimum Gasteiger partial charge on any atom is -0.396 e. The van der Waals surface area contributed by atoms with Crippen molar-refractivity contribution in [2.24, 2.45) is 0 Å². The molecule has 6 nitrogen and oxygen atoms in total. The molecule has 0 saturated carbocycles. The Labute approximate surface area is 113 Å². The molecule has 0 aliphatic heterocycles. The smallest absolute Gasteiger partial charge is 0.396 e. The van der Waals surface area contributed by atoms with Crippen LogP contribution in [0.3, 0.4) is 0 Å². The highest BCUT2D eigenvalue weighted by atomic mass is 32.2. The lowest BCUT2D eigenvalue weighted by Crippen LogP contribution is -1.97. The average Bonchev–Trinajstić information content (AvgIpc) is 2.64. The molecule has 0 saturated heterocycles. The van der Waals surface area contributed by atoms with Crippen LogP contribution in [0.2, 0.25) is 0 Å². The van der Waals surface area contributed by atoms with Gasteiger partial charge in [-0.1, -0.05) is 6.07 Å². The van der Waals surface area contributed by atoms with Crippen LogP contribution in [0.1, 0.15) is 11.5 Å². The Morgan fingerprint density at radius 2 is 2.05 bits per heavy atom. The fraction of sp³-hybridized carbons (Fsp3) is 0.182. The van der Waals surface area contributed by atoms with Gasteiger partial charge < -0.3 is 8.83 Å². The van der Waals surface area contributed by atoms with E-state index in [0.29, 0.717) is 22.2 Å². The van der Waals surface area contributed by atoms with Gasteiger partial charge >= 0.3 is 5.82 Å². The molecule has 0 unspecified atom stereocenters. The summed E-state index contributed by atoms with van der Waals surface area (Å²) in [6.45, 7) is 1.61. The summed E-state index contributed by atoms with van der Waals surface area (Å²) in [7, 11) is -4.22. The number of hydrogen-bond acceptors (Lipinski definition) is 6. The molecule has 102 valence electrons. The molecule has 0 spiro atoms. The van der Waals surface area contributed by atoms with Gasteiger partial charge in [-0.05, 0) is 25.1 Å². The minimum atomic E-state index is -4.22. The second kappa shape index (κ2) is 5.24. The number of benzene rings is 1. The highest BCUT2D eigenvalue weighted by Crippen LogP contribution is 2.25. The molecule has 1 N–H and O–H groups in total. The van der Waals surface area contributed by atoms with Crippen molar-refractivity contribution in [3.05, 3.63) is 46.4 Å². The molecule has 8 heteroatoms. The van der Waals surface area contributed by atoms with Gasteiger partial charge in [-0.25, -0.2) is 4.79 Å². The third kappa shape index (κ3) is 3.49. The summed E-state index contributed by atoms with van der Waals surface area (Å²) >= 11 is 1.26. The molecule has 2 rings (SSSR count). The molecule has 1 aromatic heterocycles. The Hall–Kier alpha value is -1.51. The molecule has 19 heavy (non-hydrogen) atoms. The van der Waals surface area contributed by atoms with E-state index in [1.165, 1.54) is 30.0 Å². The Bertz CT molecular complexity index is 741. The lowest BCUT2D eigenvalue weighted by molar-refractivity contribution is 0.372. The fourth-order valence-corrected chi connectivity index (χ4v) is 2.93. The van der Waals surface area contributed by atoms with E-state index in [1.807, 2.05) is 0 Å². The molecule has 0 fully saturated rings. The zero-order valence-corrected chi connectivity index (χ0v) is 11.5. The van der Waals surface area contributed by atoms with Crippen LogP contribution < -0.4 is 5.82 Å². The summed E-state index contributed by atoms with van der Waals surface area (Å²) < 4.78 is 40.4. The summed E-state index contributed by atoms with van der Waals surface area (Å²) in [6, 6.07) is 5.84. The van der Waals surface area contributed by atoms with Gasteiger partial charge in [0.2, 0.25) is 0 Å². The maximum atomic E-state index is 11.0. The standard InChI is InChI=1S/C11H10O6S2/c1-7-10(17-11(12)16-7)6-18-8-3-2-4-9(5-8)19(13,14)15/h2-5H,6H2,1H3,(H,13,14,15). The van der Waals surface area contributed by atoms with Gasteiger partial charge in [-0.15, -0.1) is 11.8 Å². The Kier molecular flexibility index (Phi) is 3.83. The average molecular weight is 302 g/mol. The zero-order valence-electron chi connectivity index (χ0n) is 9.82. The lowest BCUT2D eigenvalue weighted by Gasteiger charge is -2.02. The molecule has 0 atom stereocenters. The Morgan fingerprint density at radius 3 is 2.63 bits per heavy atom. The third-order valence-electron chi connectivity index (χ3n) is 2.31. The van der Waals surface area contributed by atoms with E-state index in [9.17, 15) is 13.2 Å². The number of hydrogen-bond donors (Lipinski definition) is 1. The largest absolute Gasteiger partial charge is 0.519 e. The summed E-state index contributed by atoms with van der Waals surface area (Å²) in [6.07, 6.45) is 0. The van der Waals surface area contributed by atoms with Crippen LogP contribution in [0.25, 0.3) is 0 Å². The van der Waals surface area contributed by atoms with E-state index in [1.54, 1.807) is 13.0 Å². The first-order valence-electron chi connectivity index (χ1n) is 5.16. The quantitative estimate of drug-likeness (QED) is 0.682. The molecule has 1 aromatic carbocycles. The van der Waals surface area contributed by atoms with Gasteiger partial charge in [0.1, 0.15) is 5.76 Å². The molecule has 2 aromatic rings. The molecule has 0 bridgehead atoms. The van der Waals surface area contributed by atoms with E-state index >= 15 is 0 Å². The van der Waals surface area contributed by atoms with Crippen LogP contribution in [-0.2, 0) is 15.9 Å². The van der Waals surface area contributed by atoms with Crippen LogP contribution >= 0.6 is 11.8 Å². The van der Waals surface area contributed by atoms with Crippen LogP contribution in [-0.4, -0.2) is 13.0 Å². The summed E-state index contributed by atoms with van der Waals surface area (Å²) in [4.78, 5) is 11.3. The van der Waals surface area contributed by atoms with Crippen molar-refractivity contribution >= 4 is 21.9 Å². The first kappa shape index (κ1) is 13.9. The molecule has 0 radical (unpaired) electrons. The molecule has 0 aliphatic carbocycles. The first-order valence-corrected chi connectivity index (χ1v) is 7.58. The van der Waals surface area contributed by atoms with Crippen molar-refractivity contribution < 1.29 is 21.8 Å². The van der Waals surface area contributed by atoms with Gasteiger partial charge in [-0.3, -0.25) is 4.55 Å². The second-order valence-corrected chi connectivity index (χ2v) is 6.14. The summed E-state index contributed by atoms with van der Waals surface area (Å²) in [5.41, 5.74) is 0. The Morgan fingerprint density at radius 1 is 1.32 bits per heavy atom. The zero-order chi connectivity index (χ0) is 14.0. The van der Waals surface area contributed by atoms with Gasteiger partial charge in [0.05, 0.1) is 10.6 Å².